The van der Waals surface area contributed by atoms with Gasteiger partial charge in [0.15, 0.2) is 0 Å². The zero-order valence-electron chi connectivity index (χ0n) is 21.6. The molecule has 186 valence electrons. The number of carbonyl (C=O) groups excluding carboxylic acids is 2. The van der Waals surface area contributed by atoms with E-state index >= 15 is 0 Å². The number of ketones is 1. The number of aliphatic hydroxyl groups excluding tert-OH is 1. The second-order valence-electron chi connectivity index (χ2n) is 11.0. The van der Waals surface area contributed by atoms with E-state index in [4.69, 9.17) is 4.74 Å². The van der Waals surface area contributed by atoms with Crippen LogP contribution in [0.4, 0.5) is 0 Å². The summed E-state index contributed by atoms with van der Waals surface area (Å²) < 4.78 is 5.78. The number of likely N-dealkylation sites (tertiary alicyclic amines) is 1. The van der Waals surface area contributed by atoms with Crippen molar-refractivity contribution >= 4 is 17.4 Å². The number of carbonyl (C=O) groups is 2. The number of hydrogen-bond acceptors (Lipinski definition) is 5. The van der Waals surface area contributed by atoms with Crippen LogP contribution in [0.3, 0.4) is 0 Å². The molecule has 1 fully saturated rings. The van der Waals surface area contributed by atoms with E-state index in [1.165, 1.54) is 5.56 Å². The molecule has 0 aliphatic carbocycles. The lowest BCUT2D eigenvalue weighted by Crippen LogP contribution is -2.32. The van der Waals surface area contributed by atoms with Crippen LogP contribution < -0.4 is 4.74 Å². The van der Waals surface area contributed by atoms with Crippen molar-refractivity contribution in [3.63, 3.8) is 0 Å². The van der Waals surface area contributed by atoms with Gasteiger partial charge in [0.25, 0.3) is 11.7 Å². The summed E-state index contributed by atoms with van der Waals surface area (Å²) >= 11 is 0. The number of hydrogen-bond donors (Lipinski definition) is 1. The maximum atomic E-state index is 13.3. The molecule has 0 aromatic heterocycles. The number of fused-ring (bicyclic) bond motifs is 1. The van der Waals surface area contributed by atoms with Gasteiger partial charge in [-0.25, -0.2) is 0 Å². The third-order valence-electron chi connectivity index (χ3n) is 6.81. The van der Waals surface area contributed by atoms with Gasteiger partial charge in [-0.15, -0.1) is 0 Å². The molecule has 1 amide bonds. The summed E-state index contributed by atoms with van der Waals surface area (Å²) in [5.41, 5.74) is 3.64. The number of amides is 1. The van der Waals surface area contributed by atoms with Crippen LogP contribution in [0, 0.1) is 0 Å². The molecule has 0 spiro atoms. The summed E-state index contributed by atoms with van der Waals surface area (Å²) in [4.78, 5) is 30.1. The number of rotatable bonds is 6. The topological polar surface area (TPSA) is 70.1 Å². The van der Waals surface area contributed by atoms with Crippen LogP contribution in [-0.4, -0.2) is 59.9 Å². The predicted molar refractivity (Wildman–Crippen MR) is 138 cm³/mol. The smallest absolute Gasteiger partial charge is 0.295 e. The molecule has 2 aromatic rings. The van der Waals surface area contributed by atoms with Crippen LogP contribution in [0.2, 0.25) is 0 Å². The SMILES string of the molecule is CC1Cc2cc(/C(O)=C3\C(=O)C(=O)N(CCCN(C)C)C3c3ccc(C(C)(C)C)cc3)ccc2O1. The van der Waals surface area contributed by atoms with Crippen molar-refractivity contribution in [2.24, 2.45) is 0 Å². The van der Waals surface area contributed by atoms with Crippen LogP contribution in [-0.2, 0) is 21.4 Å². The van der Waals surface area contributed by atoms with E-state index in [0.717, 1.165) is 36.3 Å². The first-order valence-corrected chi connectivity index (χ1v) is 12.3. The summed E-state index contributed by atoms with van der Waals surface area (Å²) in [6, 6.07) is 12.9. The van der Waals surface area contributed by atoms with Crippen molar-refractivity contribution in [3.8, 4) is 5.75 Å². The molecule has 4 rings (SSSR count). The molecule has 0 saturated carbocycles. The van der Waals surface area contributed by atoms with E-state index in [2.05, 4.69) is 25.7 Å². The highest BCUT2D eigenvalue weighted by Gasteiger charge is 2.46. The van der Waals surface area contributed by atoms with Crippen LogP contribution in [0.25, 0.3) is 5.76 Å². The number of Topliss-reactive ketones (excluding diaryl/α,β-unsaturated/α-hetero) is 1. The summed E-state index contributed by atoms with van der Waals surface area (Å²) in [6.07, 6.45) is 1.54. The van der Waals surface area contributed by atoms with E-state index in [1.807, 2.05) is 57.4 Å². The quantitative estimate of drug-likeness (QED) is 0.372. The molecular weight excluding hydrogens is 440 g/mol. The molecule has 2 unspecified atom stereocenters. The number of ether oxygens (including phenoxy) is 1. The van der Waals surface area contributed by atoms with Gasteiger partial charge in [-0.3, -0.25) is 9.59 Å². The van der Waals surface area contributed by atoms with Crippen molar-refractivity contribution in [3.05, 3.63) is 70.3 Å². The summed E-state index contributed by atoms with van der Waals surface area (Å²) in [5.74, 6) is -0.533. The minimum Gasteiger partial charge on any atom is -0.507 e. The average Bonchev–Trinajstić information content (AvgIpc) is 3.28. The summed E-state index contributed by atoms with van der Waals surface area (Å²) in [6.45, 7) is 9.66. The minimum atomic E-state index is -0.637. The molecule has 0 radical (unpaired) electrons. The van der Waals surface area contributed by atoms with E-state index in [0.29, 0.717) is 12.1 Å². The minimum absolute atomic E-state index is 0.0182. The molecule has 2 aliphatic rings. The van der Waals surface area contributed by atoms with Crippen LogP contribution in [0.1, 0.15) is 62.4 Å². The standard InChI is InChI=1S/C29H36N2O4/c1-18-16-21-17-20(10-13-23(21)35-18)26(32)24-25(19-8-11-22(12-9-19)29(2,3)4)31(28(34)27(24)33)15-7-14-30(5)6/h8-13,17-18,25,32H,7,14-16H2,1-6H3/b26-24+. The van der Waals surface area contributed by atoms with Gasteiger partial charge in [-0.2, -0.15) is 0 Å². The molecule has 1 saturated heterocycles. The first kappa shape index (κ1) is 25.0. The Balaban J connectivity index is 1.78. The fourth-order valence-electron chi connectivity index (χ4n) is 4.90. The molecular formula is C29H36N2O4. The van der Waals surface area contributed by atoms with Crippen LogP contribution >= 0.6 is 0 Å². The lowest BCUT2D eigenvalue weighted by molar-refractivity contribution is -0.139. The largest absolute Gasteiger partial charge is 0.507 e. The number of nitrogens with zero attached hydrogens (tertiary/aromatic N) is 2. The molecule has 6 heteroatoms. The maximum Gasteiger partial charge on any atom is 0.295 e. The summed E-state index contributed by atoms with van der Waals surface area (Å²) in [5, 5.41) is 11.4. The molecule has 2 aromatic carbocycles. The Morgan fingerprint density at radius 1 is 1.11 bits per heavy atom. The van der Waals surface area contributed by atoms with Gasteiger partial charge < -0.3 is 19.6 Å². The van der Waals surface area contributed by atoms with E-state index in [9.17, 15) is 14.7 Å². The molecule has 2 atom stereocenters. The maximum absolute atomic E-state index is 13.3. The Morgan fingerprint density at radius 2 is 1.80 bits per heavy atom. The first-order chi connectivity index (χ1) is 16.5. The van der Waals surface area contributed by atoms with Crippen LogP contribution in [0.15, 0.2) is 48.0 Å². The van der Waals surface area contributed by atoms with Gasteiger partial charge in [-0.05, 0) is 74.3 Å². The second kappa shape index (κ2) is 9.50. The molecule has 2 aliphatic heterocycles. The predicted octanol–water partition coefficient (Wildman–Crippen LogP) is 4.68. The van der Waals surface area contributed by atoms with Gasteiger partial charge >= 0.3 is 0 Å². The first-order valence-electron chi connectivity index (χ1n) is 12.3. The molecule has 6 nitrogen and oxygen atoms in total. The normalized spacial score (nSPS) is 21.5. The third-order valence-corrected chi connectivity index (χ3v) is 6.81. The van der Waals surface area contributed by atoms with Gasteiger partial charge in [0.05, 0.1) is 11.6 Å². The fourth-order valence-corrected chi connectivity index (χ4v) is 4.90. The Bertz CT molecular complexity index is 1160. The molecule has 0 bridgehead atoms. The van der Waals surface area contributed by atoms with Crippen molar-refractivity contribution < 1.29 is 19.4 Å². The van der Waals surface area contributed by atoms with Gasteiger partial charge in [0.1, 0.15) is 17.6 Å². The van der Waals surface area contributed by atoms with Gasteiger partial charge in [-0.1, -0.05) is 45.0 Å². The molecule has 1 N–H and O–H groups in total. The molecule has 35 heavy (non-hydrogen) atoms. The Labute approximate surface area is 208 Å². The van der Waals surface area contributed by atoms with Crippen molar-refractivity contribution in [1.29, 1.82) is 0 Å². The third kappa shape index (κ3) is 4.98. The number of benzene rings is 2. The van der Waals surface area contributed by atoms with Crippen molar-refractivity contribution in [2.45, 2.75) is 58.1 Å². The highest BCUT2D eigenvalue weighted by atomic mass is 16.5. The highest BCUT2D eigenvalue weighted by Crippen LogP contribution is 2.41. The Morgan fingerprint density at radius 3 is 2.43 bits per heavy atom. The lowest BCUT2D eigenvalue weighted by atomic mass is 9.85. The summed E-state index contributed by atoms with van der Waals surface area (Å²) in [7, 11) is 3.96. The second-order valence-corrected chi connectivity index (χ2v) is 11.0. The Hall–Kier alpha value is -3.12. The van der Waals surface area contributed by atoms with Gasteiger partial charge in [0, 0.05) is 18.5 Å². The van der Waals surface area contributed by atoms with Crippen molar-refractivity contribution in [1.82, 2.24) is 9.80 Å². The van der Waals surface area contributed by atoms with Crippen LogP contribution in [0.5, 0.6) is 5.75 Å². The lowest BCUT2D eigenvalue weighted by Gasteiger charge is -2.27. The zero-order valence-corrected chi connectivity index (χ0v) is 21.6. The Kier molecular flexibility index (Phi) is 6.78. The zero-order chi connectivity index (χ0) is 25.5. The van der Waals surface area contributed by atoms with Gasteiger partial charge in [0.2, 0.25) is 0 Å². The van der Waals surface area contributed by atoms with E-state index in [-0.39, 0.29) is 22.9 Å². The van der Waals surface area contributed by atoms with Crippen molar-refractivity contribution in [2.75, 3.05) is 27.2 Å². The monoisotopic (exact) mass is 476 g/mol. The van der Waals surface area contributed by atoms with E-state index in [1.54, 1.807) is 11.0 Å². The highest BCUT2D eigenvalue weighted by molar-refractivity contribution is 6.46. The molecule has 2 heterocycles. The number of aliphatic hydroxyl groups is 1. The average molecular weight is 477 g/mol. The fraction of sp³-hybridized carbons (Fsp3) is 0.448. The van der Waals surface area contributed by atoms with E-state index < -0.39 is 17.7 Å².